The molecule has 7 aromatic carbocycles. The third kappa shape index (κ3) is 19.7. The highest BCUT2D eigenvalue weighted by Gasteiger charge is 2.17. The average Bonchev–Trinajstić information content (AvgIpc) is 0.833. The molecule has 0 fully saturated rings. The molecule has 0 spiro atoms. The third-order valence-corrected chi connectivity index (χ3v) is 23.2. The van der Waals surface area contributed by atoms with Crippen LogP contribution in [-0.4, -0.2) is 71.4 Å². The molecule has 0 aliphatic heterocycles. The SMILES string of the molecule is CC(=O)c1ccc2c(I)cc(I)c(O)c2n1.CC(O)c1ccc2c(Br)cc(Br)c(O)c2n1.CCc1ccc2c(Br)cc(Br)c(O)c2n1.CCc1ccc2c(I)cc(I)c(O)c2n1.Cc1ccc(CCc2ccc3c(Br)cc(Br)c(O)c3n2)cc1.Cc1ccc2c(Br)cc(Br)c(O)c2n1. The van der Waals surface area contributed by atoms with Crippen LogP contribution in [0.2, 0.25) is 0 Å². The summed E-state index contributed by atoms with van der Waals surface area (Å²) in [5, 5.41) is 74.4. The van der Waals surface area contributed by atoms with Crippen LogP contribution < -0.4 is 0 Å². The van der Waals surface area contributed by atoms with Gasteiger partial charge in [0.1, 0.15) is 38.8 Å². The first-order valence-electron chi connectivity index (χ1n) is 29.4. The first kappa shape index (κ1) is 79.9. The molecule has 0 saturated carbocycles. The van der Waals surface area contributed by atoms with Gasteiger partial charge in [-0.25, -0.2) is 29.9 Å². The zero-order chi connectivity index (χ0) is 71.7. The lowest BCUT2D eigenvalue weighted by Crippen LogP contribution is -1.97. The van der Waals surface area contributed by atoms with Crippen LogP contribution >= 0.6 is 218 Å². The van der Waals surface area contributed by atoms with Crippen molar-refractivity contribution in [1.82, 2.24) is 29.9 Å². The molecule has 1 atom stereocenters. The molecule has 13 rings (SSSR count). The van der Waals surface area contributed by atoms with E-state index in [4.69, 9.17) is 0 Å². The Bertz CT molecular complexity index is 5100. The smallest absolute Gasteiger partial charge is 0.178 e. The van der Waals surface area contributed by atoms with E-state index in [0.29, 0.717) is 68.1 Å². The number of rotatable bonds is 7. The van der Waals surface area contributed by atoms with Crippen molar-refractivity contribution in [2.24, 2.45) is 0 Å². The van der Waals surface area contributed by atoms with Gasteiger partial charge >= 0.3 is 0 Å². The second kappa shape index (κ2) is 36.1. The monoisotopic (exact) mass is 2270 g/mol. The normalized spacial score (nSPS) is 11.2. The summed E-state index contributed by atoms with van der Waals surface area (Å²) in [5.41, 5.74) is 10.9. The quantitative estimate of drug-likeness (QED) is 0.0581. The number of hydrogen-bond donors (Lipinski definition) is 7. The van der Waals surface area contributed by atoms with Gasteiger partial charge in [0.05, 0.1) is 36.8 Å². The van der Waals surface area contributed by atoms with Gasteiger partial charge in [-0.2, -0.15) is 0 Å². The van der Waals surface area contributed by atoms with E-state index >= 15 is 0 Å². The number of ketones is 1. The minimum absolute atomic E-state index is 0.0840. The summed E-state index contributed by atoms with van der Waals surface area (Å²) in [6.07, 6.45) is 2.88. The van der Waals surface area contributed by atoms with Crippen LogP contribution in [0, 0.1) is 28.1 Å². The fourth-order valence-electron chi connectivity index (χ4n) is 9.44. The van der Waals surface area contributed by atoms with Gasteiger partial charge in [-0.1, -0.05) is 107 Å². The molecule has 0 amide bonds. The lowest BCUT2D eigenvalue weighted by molar-refractivity contribution is 0.101. The maximum Gasteiger partial charge on any atom is 0.178 e. The lowest BCUT2D eigenvalue weighted by Gasteiger charge is -2.09. The molecule has 6 heterocycles. The number of fused-ring (bicyclic) bond motifs is 6. The molecule has 1 unspecified atom stereocenters. The van der Waals surface area contributed by atoms with Crippen LogP contribution in [0.5, 0.6) is 34.5 Å². The Hall–Kier alpha value is -3.81. The Morgan fingerprint density at radius 2 is 0.735 bits per heavy atom. The summed E-state index contributed by atoms with van der Waals surface area (Å²) >= 11 is 35.6. The van der Waals surface area contributed by atoms with E-state index in [-0.39, 0.29) is 34.5 Å². The van der Waals surface area contributed by atoms with Crippen molar-refractivity contribution in [2.75, 3.05) is 0 Å². The van der Waals surface area contributed by atoms with Crippen LogP contribution in [-0.2, 0) is 25.7 Å². The number of aliphatic hydroxyl groups excluding tert-OH is 1. The maximum absolute atomic E-state index is 11.2. The van der Waals surface area contributed by atoms with E-state index in [1.165, 1.54) is 18.1 Å². The highest BCUT2D eigenvalue weighted by Crippen LogP contribution is 2.41. The van der Waals surface area contributed by atoms with Crippen molar-refractivity contribution in [2.45, 2.75) is 73.3 Å². The van der Waals surface area contributed by atoms with Gasteiger partial charge < -0.3 is 35.7 Å². The zero-order valence-electron chi connectivity index (χ0n) is 52.4. The Morgan fingerprint density at radius 3 is 1.15 bits per heavy atom. The van der Waals surface area contributed by atoms with E-state index in [1.54, 1.807) is 25.1 Å². The highest BCUT2D eigenvalue weighted by molar-refractivity contribution is 14.1. The molecule has 0 saturated heterocycles. The Balaban J connectivity index is 0.000000151. The summed E-state index contributed by atoms with van der Waals surface area (Å²) in [6.45, 7) is 11.2. The van der Waals surface area contributed by atoms with Crippen LogP contribution in [0.3, 0.4) is 0 Å². The number of phenolic OH excluding ortho intramolecular Hbond substituents is 6. The summed E-state index contributed by atoms with van der Waals surface area (Å²) in [5.74, 6) is 0.988. The molecular formula is C72H56Br8I4N6O8. The maximum atomic E-state index is 11.2. The third-order valence-electron chi connectivity index (χ3n) is 14.8. The van der Waals surface area contributed by atoms with Crippen LogP contribution in [0.15, 0.2) is 169 Å². The number of nitrogens with zero attached hydrogens (tertiary/aromatic N) is 6. The van der Waals surface area contributed by atoms with Gasteiger partial charge in [-0.15, -0.1) is 0 Å². The lowest BCUT2D eigenvalue weighted by atomic mass is 10.1. The number of halogens is 12. The first-order chi connectivity index (χ1) is 46.4. The van der Waals surface area contributed by atoms with Crippen LogP contribution in [0.1, 0.15) is 83.9 Å². The van der Waals surface area contributed by atoms with Crippen molar-refractivity contribution in [1.29, 1.82) is 0 Å². The molecule has 0 radical (unpaired) electrons. The fourth-order valence-corrected chi connectivity index (χ4v) is 18.3. The summed E-state index contributed by atoms with van der Waals surface area (Å²) in [4.78, 5) is 37.4. The number of aromatic hydroxyl groups is 6. The number of aromatic nitrogens is 6. The van der Waals surface area contributed by atoms with Crippen molar-refractivity contribution in [3.05, 3.63) is 229 Å². The molecule has 6 aromatic heterocycles. The van der Waals surface area contributed by atoms with Gasteiger partial charge in [-0.3, -0.25) is 4.79 Å². The van der Waals surface area contributed by atoms with E-state index in [1.807, 2.05) is 127 Å². The van der Waals surface area contributed by atoms with Gasteiger partial charge in [0, 0.05) is 87.0 Å². The molecule has 0 aliphatic rings. The highest BCUT2D eigenvalue weighted by atomic mass is 127. The number of aryl methyl sites for hydroxylation is 6. The molecule has 13 aromatic rings. The predicted molar refractivity (Wildman–Crippen MR) is 456 cm³/mol. The summed E-state index contributed by atoms with van der Waals surface area (Å²) < 4.78 is 9.86. The van der Waals surface area contributed by atoms with Crippen molar-refractivity contribution < 1.29 is 40.5 Å². The number of carbonyl (C=O) groups is 1. The fraction of sp³-hybridized carbons (Fsp3) is 0.153. The predicted octanol–water partition coefficient (Wildman–Crippen LogP) is 23.9. The van der Waals surface area contributed by atoms with Crippen LogP contribution in [0.25, 0.3) is 65.4 Å². The molecule has 506 valence electrons. The number of aliphatic hydroxyl groups is 1. The first-order valence-corrected chi connectivity index (χ1v) is 40.1. The molecular weight excluding hydrogens is 2220 g/mol. The molecule has 26 heteroatoms. The second-order valence-corrected chi connectivity index (χ2v) is 33.2. The number of phenols is 6. The van der Waals surface area contributed by atoms with E-state index in [0.717, 1.165) is 113 Å². The molecule has 0 aliphatic carbocycles. The Morgan fingerprint density at radius 1 is 0.388 bits per heavy atom. The van der Waals surface area contributed by atoms with Gasteiger partial charge in [-0.05, 0) is 315 Å². The zero-order valence-corrected chi connectivity index (χ0v) is 73.7. The Kier molecular flexibility index (Phi) is 29.4. The van der Waals surface area contributed by atoms with Gasteiger partial charge in [0.15, 0.2) is 40.3 Å². The average molecular weight is 2280 g/mol. The van der Waals surface area contributed by atoms with Crippen LogP contribution in [0.4, 0.5) is 0 Å². The van der Waals surface area contributed by atoms with E-state index in [9.17, 15) is 40.5 Å². The number of benzene rings is 7. The molecule has 14 nitrogen and oxygen atoms in total. The molecule has 7 N–H and O–H groups in total. The molecule has 98 heavy (non-hydrogen) atoms. The largest absolute Gasteiger partial charge is 0.505 e. The van der Waals surface area contributed by atoms with Crippen molar-refractivity contribution >= 4 is 289 Å². The summed E-state index contributed by atoms with van der Waals surface area (Å²) in [7, 11) is 0. The molecule has 0 bridgehead atoms. The van der Waals surface area contributed by atoms with Gasteiger partial charge in [0.25, 0.3) is 0 Å². The van der Waals surface area contributed by atoms with Crippen molar-refractivity contribution in [3.63, 3.8) is 0 Å². The van der Waals surface area contributed by atoms with E-state index in [2.05, 4.69) is 263 Å². The summed E-state index contributed by atoms with van der Waals surface area (Å²) in [6, 6.07) is 42.6. The second-order valence-electron chi connectivity index (χ2n) is 21.7. The number of pyridine rings is 6. The standard InChI is InChI=1S/C18H15Br2NO.C11H9Br2NO2.C11H9Br2NO.C11H7I2NO2.C11H9I2NO.C10H7Br2NO/c1-11-2-4-12(5-3-11)6-7-13-8-9-14-15(19)10-16(20)18(22)17(14)21-13;1-5(15)9-3-2-6-7(12)4-8(13)11(16)10(6)14-9;1-2-6-3-4-7-8(12)5-9(13)11(15)10(7)14-6;1-5(15)9-3-2-6-7(12)4-8(13)11(16)10(6)14-9;1-2-6-3-4-7-8(12)5-9(13)11(15)10(7)14-6;1-5-2-3-6-7(11)4-8(12)10(14)9(6)13-5/h2-5,8-10,22H,6-7H2,1H3;2-5,15-16H,1H3;3-5,15H,2H2,1H3;2-4,16H,1H3;3-5,15H,2H2,1H3;2-4,14H,1H3. The topological polar surface area (TPSA) is 236 Å². The van der Waals surface area contributed by atoms with Gasteiger partial charge in [0.2, 0.25) is 0 Å². The van der Waals surface area contributed by atoms with Crippen molar-refractivity contribution in [3.8, 4) is 34.5 Å². The number of hydrogen-bond acceptors (Lipinski definition) is 14. The number of Topliss-reactive ketones (excluding diaryl/α,β-unsaturated/α-hetero) is 1. The Labute approximate surface area is 686 Å². The van der Waals surface area contributed by atoms with E-state index < -0.39 is 6.10 Å². The minimum Gasteiger partial charge on any atom is -0.505 e. The number of carbonyl (C=O) groups excluding carboxylic acids is 1. The minimum atomic E-state index is -0.651.